The standard InChI is InChI=1S/C25H22ClNO2/c1-28-25-14-12-20(15-23(25)26)27-16-22-21-10-6-5-9-19(21)11-13-24(22)29-17-18-7-3-2-4-8-18/h2-15,27H,16-17H2,1H3. The highest BCUT2D eigenvalue weighted by Crippen LogP contribution is 2.31. The van der Waals surface area contributed by atoms with Crippen LogP contribution < -0.4 is 14.8 Å². The van der Waals surface area contributed by atoms with Crippen LogP contribution in [-0.2, 0) is 13.2 Å². The van der Waals surface area contributed by atoms with Gasteiger partial charge < -0.3 is 14.8 Å². The minimum Gasteiger partial charge on any atom is -0.495 e. The highest BCUT2D eigenvalue weighted by atomic mass is 35.5. The van der Waals surface area contributed by atoms with Gasteiger partial charge in [-0.3, -0.25) is 0 Å². The minimum absolute atomic E-state index is 0.528. The van der Waals surface area contributed by atoms with E-state index in [2.05, 4.69) is 41.7 Å². The summed E-state index contributed by atoms with van der Waals surface area (Å²) in [6.45, 7) is 1.15. The molecule has 0 heterocycles. The van der Waals surface area contributed by atoms with Gasteiger partial charge in [0.1, 0.15) is 18.1 Å². The van der Waals surface area contributed by atoms with Gasteiger partial charge in [0.05, 0.1) is 12.1 Å². The number of ether oxygens (including phenoxy) is 2. The van der Waals surface area contributed by atoms with E-state index in [9.17, 15) is 0 Å². The van der Waals surface area contributed by atoms with Gasteiger partial charge in [0.2, 0.25) is 0 Å². The summed E-state index contributed by atoms with van der Waals surface area (Å²) in [5.41, 5.74) is 3.19. The molecule has 0 spiro atoms. The zero-order valence-electron chi connectivity index (χ0n) is 16.2. The molecule has 0 aliphatic rings. The summed E-state index contributed by atoms with van der Waals surface area (Å²) >= 11 is 6.27. The first-order valence-electron chi connectivity index (χ1n) is 9.49. The number of hydrogen-bond acceptors (Lipinski definition) is 3. The summed E-state index contributed by atoms with van der Waals surface area (Å²) in [6.07, 6.45) is 0. The average molecular weight is 404 g/mol. The largest absolute Gasteiger partial charge is 0.495 e. The maximum absolute atomic E-state index is 6.27. The molecule has 3 nitrogen and oxygen atoms in total. The summed E-state index contributed by atoms with van der Waals surface area (Å²) in [7, 11) is 1.61. The molecule has 0 aliphatic heterocycles. The lowest BCUT2D eigenvalue weighted by molar-refractivity contribution is 0.304. The Labute approximate surface area is 175 Å². The molecule has 0 fully saturated rings. The molecule has 146 valence electrons. The van der Waals surface area contributed by atoms with Crippen LogP contribution >= 0.6 is 11.6 Å². The van der Waals surface area contributed by atoms with Gasteiger partial charge in [0, 0.05) is 17.8 Å². The number of rotatable bonds is 7. The molecule has 29 heavy (non-hydrogen) atoms. The summed E-state index contributed by atoms with van der Waals surface area (Å²) in [5, 5.41) is 6.40. The van der Waals surface area contributed by atoms with Crippen LogP contribution in [0.15, 0.2) is 84.9 Å². The van der Waals surface area contributed by atoms with Crippen molar-refractivity contribution >= 4 is 28.1 Å². The monoisotopic (exact) mass is 403 g/mol. The Kier molecular flexibility index (Phi) is 5.87. The predicted octanol–water partition coefficient (Wildman–Crippen LogP) is 6.69. The quantitative estimate of drug-likeness (QED) is 0.372. The first kappa shape index (κ1) is 19.2. The fraction of sp³-hybridized carbons (Fsp3) is 0.120. The van der Waals surface area contributed by atoms with Gasteiger partial charge in [0.15, 0.2) is 0 Å². The Bertz CT molecular complexity index is 1110. The molecule has 4 heteroatoms. The van der Waals surface area contributed by atoms with Gasteiger partial charge >= 0.3 is 0 Å². The molecule has 0 aliphatic carbocycles. The van der Waals surface area contributed by atoms with Crippen molar-refractivity contribution in [2.45, 2.75) is 13.2 Å². The fourth-order valence-electron chi connectivity index (χ4n) is 3.34. The van der Waals surface area contributed by atoms with Crippen LogP contribution in [0, 0.1) is 0 Å². The molecule has 4 rings (SSSR count). The number of anilines is 1. The number of methoxy groups -OCH3 is 1. The second-order valence-corrected chi connectivity index (χ2v) is 7.15. The van der Waals surface area contributed by atoms with E-state index in [1.807, 2.05) is 48.5 Å². The van der Waals surface area contributed by atoms with Crippen molar-refractivity contribution in [2.75, 3.05) is 12.4 Å². The molecule has 0 radical (unpaired) electrons. The van der Waals surface area contributed by atoms with Crippen LogP contribution in [0.5, 0.6) is 11.5 Å². The molecule has 0 saturated carbocycles. The Balaban J connectivity index is 1.61. The Hall–Kier alpha value is -3.17. The molecule has 4 aromatic rings. The second kappa shape index (κ2) is 8.89. The maximum Gasteiger partial charge on any atom is 0.137 e. The number of nitrogens with one attached hydrogen (secondary N) is 1. The normalized spacial score (nSPS) is 10.7. The fourth-order valence-corrected chi connectivity index (χ4v) is 3.59. The number of fused-ring (bicyclic) bond motifs is 1. The average Bonchev–Trinajstić information content (AvgIpc) is 2.77. The molecule has 0 bridgehead atoms. The first-order chi connectivity index (χ1) is 14.2. The molecular weight excluding hydrogens is 382 g/mol. The van der Waals surface area contributed by atoms with E-state index in [1.54, 1.807) is 7.11 Å². The third-order valence-corrected chi connectivity index (χ3v) is 5.15. The highest BCUT2D eigenvalue weighted by Gasteiger charge is 2.10. The van der Waals surface area contributed by atoms with E-state index in [1.165, 1.54) is 10.8 Å². The van der Waals surface area contributed by atoms with Crippen LogP contribution in [-0.4, -0.2) is 7.11 Å². The van der Waals surface area contributed by atoms with Crippen molar-refractivity contribution in [3.05, 3.63) is 101 Å². The molecule has 0 amide bonds. The minimum atomic E-state index is 0.528. The van der Waals surface area contributed by atoms with Crippen LogP contribution in [0.1, 0.15) is 11.1 Å². The third-order valence-electron chi connectivity index (χ3n) is 4.86. The van der Waals surface area contributed by atoms with E-state index in [0.29, 0.717) is 23.9 Å². The zero-order chi connectivity index (χ0) is 20.1. The van der Waals surface area contributed by atoms with Crippen LogP contribution in [0.2, 0.25) is 5.02 Å². The number of benzene rings is 4. The molecule has 1 N–H and O–H groups in total. The lowest BCUT2D eigenvalue weighted by Crippen LogP contribution is -2.05. The van der Waals surface area contributed by atoms with Gasteiger partial charge in [-0.2, -0.15) is 0 Å². The van der Waals surface area contributed by atoms with Gasteiger partial charge in [-0.1, -0.05) is 72.3 Å². The van der Waals surface area contributed by atoms with Crippen molar-refractivity contribution in [2.24, 2.45) is 0 Å². The van der Waals surface area contributed by atoms with Gasteiger partial charge in [-0.15, -0.1) is 0 Å². The van der Waals surface area contributed by atoms with Crippen LogP contribution in [0.3, 0.4) is 0 Å². The van der Waals surface area contributed by atoms with Crippen molar-refractivity contribution in [3.8, 4) is 11.5 Å². The van der Waals surface area contributed by atoms with Crippen molar-refractivity contribution in [1.29, 1.82) is 0 Å². The van der Waals surface area contributed by atoms with Gasteiger partial charge in [-0.25, -0.2) is 0 Å². The molecular formula is C25H22ClNO2. The Morgan fingerprint density at radius 1 is 0.828 bits per heavy atom. The molecule has 0 aromatic heterocycles. The summed E-state index contributed by atoms with van der Waals surface area (Å²) < 4.78 is 11.4. The van der Waals surface area contributed by atoms with E-state index < -0.39 is 0 Å². The molecule has 0 unspecified atom stereocenters. The third kappa shape index (κ3) is 4.47. The smallest absolute Gasteiger partial charge is 0.137 e. The lowest BCUT2D eigenvalue weighted by atomic mass is 10.0. The van der Waals surface area contributed by atoms with Crippen LogP contribution in [0.25, 0.3) is 10.8 Å². The topological polar surface area (TPSA) is 30.5 Å². The van der Waals surface area contributed by atoms with Gasteiger partial charge in [0.25, 0.3) is 0 Å². The highest BCUT2D eigenvalue weighted by molar-refractivity contribution is 6.32. The first-order valence-corrected chi connectivity index (χ1v) is 9.87. The Morgan fingerprint density at radius 3 is 2.38 bits per heavy atom. The maximum atomic E-state index is 6.27. The van der Waals surface area contributed by atoms with Crippen molar-refractivity contribution < 1.29 is 9.47 Å². The number of halogens is 1. The summed E-state index contributed by atoms with van der Waals surface area (Å²) in [4.78, 5) is 0. The van der Waals surface area contributed by atoms with Crippen LogP contribution in [0.4, 0.5) is 5.69 Å². The Morgan fingerprint density at radius 2 is 1.59 bits per heavy atom. The second-order valence-electron chi connectivity index (χ2n) is 6.74. The van der Waals surface area contributed by atoms with E-state index >= 15 is 0 Å². The summed E-state index contributed by atoms with van der Waals surface area (Å²) in [5.74, 6) is 1.54. The molecule has 0 atom stereocenters. The van der Waals surface area contributed by atoms with Crippen molar-refractivity contribution in [3.63, 3.8) is 0 Å². The zero-order valence-corrected chi connectivity index (χ0v) is 16.9. The summed E-state index contributed by atoms with van der Waals surface area (Å²) in [6, 6.07) is 28.4. The number of hydrogen-bond donors (Lipinski definition) is 1. The predicted molar refractivity (Wildman–Crippen MR) is 120 cm³/mol. The van der Waals surface area contributed by atoms with Crippen molar-refractivity contribution in [1.82, 2.24) is 0 Å². The molecule has 0 saturated heterocycles. The molecule has 4 aromatic carbocycles. The van der Waals surface area contributed by atoms with E-state index in [4.69, 9.17) is 21.1 Å². The lowest BCUT2D eigenvalue weighted by Gasteiger charge is -2.16. The van der Waals surface area contributed by atoms with E-state index in [-0.39, 0.29) is 0 Å². The SMILES string of the molecule is COc1ccc(NCc2c(OCc3ccccc3)ccc3ccccc23)cc1Cl. The van der Waals surface area contributed by atoms with E-state index in [0.717, 1.165) is 22.6 Å². The van der Waals surface area contributed by atoms with Gasteiger partial charge in [-0.05, 0) is 40.6 Å².